The average molecular weight is 489 g/mol. The lowest BCUT2D eigenvalue weighted by molar-refractivity contribution is 0.684. The van der Waals surface area contributed by atoms with Crippen LogP contribution in [-0.4, -0.2) is 29.3 Å². The summed E-state index contributed by atoms with van der Waals surface area (Å²) in [5, 5.41) is 11.2. The van der Waals surface area contributed by atoms with Gasteiger partial charge in [0.25, 0.3) is 0 Å². The zero-order valence-electron chi connectivity index (χ0n) is 16.4. The van der Waals surface area contributed by atoms with E-state index in [0.717, 1.165) is 24.6 Å². The molecule has 0 saturated heterocycles. The number of nitrogens with zero attached hydrogens (tertiary/aromatic N) is 3. The van der Waals surface area contributed by atoms with Gasteiger partial charge in [-0.2, -0.15) is 5.10 Å². The molecule has 0 fully saturated rings. The molecule has 1 aromatic heterocycles. The molecule has 0 amide bonds. The lowest BCUT2D eigenvalue weighted by Crippen LogP contribution is -2.38. The van der Waals surface area contributed by atoms with Crippen LogP contribution in [0.1, 0.15) is 29.5 Å². The van der Waals surface area contributed by atoms with Crippen molar-refractivity contribution in [2.75, 3.05) is 13.6 Å². The van der Waals surface area contributed by atoms with Crippen LogP contribution in [-0.2, 0) is 13.1 Å². The normalized spacial score (nSPS) is 12.1. The number of halogens is 1. The third-order valence-electron chi connectivity index (χ3n) is 4.50. The van der Waals surface area contributed by atoms with Crippen LogP contribution in [0.3, 0.4) is 0 Å². The third-order valence-corrected chi connectivity index (χ3v) is 4.50. The zero-order valence-corrected chi connectivity index (χ0v) is 18.7. The van der Waals surface area contributed by atoms with Crippen LogP contribution in [0.4, 0.5) is 0 Å². The SMILES string of the molecule is CN=C(NCc1cnn(Cc2ccccc2)c1)NCC(C)c1ccccc1.I. The van der Waals surface area contributed by atoms with E-state index in [9.17, 15) is 0 Å². The second-order valence-corrected chi connectivity index (χ2v) is 6.65. The van der Waals surface area contributed by atoms with Gasteiger partial charge in [0.2, 0.25) is 0 Å². The summed E-state index contributed by atoms with van der Waals surface area (Å²) < 4.78 is 1.96. The van der Waals surface area contributed by atoms with E-state index in [-0.39, 0.29) is 24.0 Å². The van der Waals surface area contributed by atoms with Gasteiger partial charge in [-0.3, -0.25) is 9.67 Å². The number of benzene rings is 2. The second kappa shape index (κ2) is 11.5. The van der Waals surface area contributed by atoms with Gasteiger partial charge in [-0.15, -0.1) is 24.0 Å². The smallest absolute Gasteiger partial charge is 0.191 e. The van der Waals surface area contributed by atoms with Crippen LogP contribution in [0.25, 0.3) is 0 Å². The molecule has 0 bridgehead atoms. The van der Waals surface area contributed by atoms with Crippen molar-refractivity contribution in [1.29, 1.82) is 0 Å². The van der Waals surface area contributed by atoms with Gasteiger partial charge >= 0.3 is 0 Å². The van der Waals surface area contributed by atoms with Crippen LogP contribution in [0.15, 0.2) is 78.0 Å². The summed E-state index contributed by atoms with van der Waals surface area (Å²) in [5.41, 5.74) is 3.69. The Morgan fingerprint density at radius 1 is 1.00 bits per heavy atom. The summed E-state index contributed by atoms with van der Waals surface area (Å²) in [6.45, 7) is 4.51. The van der Waals surface area contributed by atoms with E-state index >= 15 is 0 Å². The molecule has 2 N–H and O–H groups in total. The molecule has 0 aliphatic heterocycles. The van der Waals surface area contributed by atoms with Gasteiger partial charge in [0.05, 0.1) is 12.7 Å². The van der Waals surface area contributed by atoms with Crippen LogP contribution in [0.2, 0.25) is 0 Å². The monoisotopic (exact) mass is 489 g/mol. The van der Waals surface area contributed by atoms with E-state index in [2.05, 4.69) is 70.2 Å². The van der Waals surface area contributed by atoms with E-state index in [1.807, 2.05) is 35.1 Å². The Morgan fingerprint density at radius 2 is 1.68 bits per heavy atom. The van der Waals surface area contributed by atoms with Crippen molar-refractivity contribution in [2.24, 2.45) is 4.99 Å². The molecule has 5 nitrogen and oxygen atoms in total. The van der Waals surface area contributed by atoms with Crippen LogP contribution >= 0.6 is 24.0 Å². The Morgan fingerprint density at radius 3 is 2.36 bits per heavy atom. The molecule has 1 atom stereocenters. The zero-order chi connectivity index (χ0) is 18.9. The summed E-state index contributed by atoms with van der Waals surface area (Å²) in [6, 6.07) is 20.9. The molecule has 0 aliphatic rings. The minimum atomic E-state index is 0. The molecule has 28 heavy (non-hydrogen) atoms. The molecule has 0 spiro atoms. The van der Waals surface area contributed by atoms with Crippen LogP contribution < -0.4 is 10.6 Å². The van der Waals surface area contributed by atoms with Crippen LogP contribution in [0.5, 0.6) is 0 Å². The first-order chi connectivity index (χ1) is 13.2. The summed E-state index contributed by atoms with van der Waals surface area (Å²) in [5.74, 6) is 1.21. The molecule has 3 aromatic rings. The first-order valence-electron chi connectivity index (χ1n) is 9.29. The van der Waals surface area contributed by atoms with E-state index in [0.29, 0.717) is 12.5 Å². The van der Waals surface area contributed by atoms with Crippen molar-refractivity contribution in [3.63, 3.8) is 0 Å². The molecule has 3 rings (SSSR count). The van der Waals surface area contributed by atoms with Gasteiger partial charge in [-0.05, 0) is 17.0 Å². The molecule has 0 radical (unpaired) electrons. The average Bonchev–Trinajstić information content (AvgIpc) is 3.16. The lowest BCUT2D eigenvalue weighted by Gasteiger charge is -2.16. The third kappa shape index (κ3) is 6.67. The van der Waals surface area contributed by atoms with Gasteiger partial charge < -0.3 is 10.6 Å². The first kappa shape index (κ1) is 21.9. The molecule has 148 valence electrons. The topological polar surface area (TPSA) is 54.2 Å². The highest BCUT2D eigenvalue weighted by Crippen LogP contribution is 2.12. The molecule has 1 heterocycles. The molecule has 0 aliphatic carbocycles. The van der Waals surface area contributed by atoms with E-state index in [1.165, 1.54) is 11.1 Å². The molecular formula is C22H28IN5. The van der Waals surface area contributed by atoms with Gasteiger partial charge in [0.1, 0.15) is 0 Å². The molecule has 6 heteroatoms. The van der Waals surface area contributed by atoms with Crippen molar-refractivity contribution in [3.8, 4) is 0 Å². The number of hydrogen-bond donors (Lipinski definition) is 2. The second-order valence-electron chi connectivity index (χ2n) is 6.65. The molecule has 2 aromatic carbocycles. The van der Waals surface area contributed by atoms with Crippen molar-refractivity contribution >= 4 is 29.9 Å². The minimum Gasteiger partial charge on any atom is -0.356 e. The highest BCUT2D eigenvalue weighted by Gasteiger charge is 2.07. The van der Waals surface area contributed by atoms with Crippen molar-refractivity contribution < 1.29 is 0 Å². The lowest BCUT2D eigenvalue weighted by atomic mass is 10.0. The Balaban J connectivity index is 0.00000280. The summed E-state index contributed by atoms with van der Waals surface area (Å²) in [6.07, 6.45) is 3.97. The fraction of sp³-hybridized carbons (Fsp3) is 0.273. The number of rotatable bonds is 7. The maximum absolute atomic E-state index is 4.45. The van der Waals surface area contributed by atoms with Gasteiger partial charge in [0.15, 0.2) is 5.96 Å². The Labute approximate surface area is 184 Å². The predicted molar refractivity (Wildman–Crippen MR) is 126 cm³/mol. The fourth-order valence-electron chi connectivity index (χ4n) is 2.91. The van der Waals surface area contributed by atoms with Crippen molar-refractivity contribution in [3.05, 3.63) is 89.7 Å². The molecular weight excluding hydrogens is 461 g/mol. The van der Waals surface area contributed by atoms with Gasteiger partial charge in [0, 0.05) is 31.9 Å². The highest BCUT2D eigenvalue weighted by molar-refractivity contribution is 14.0. The van der Waals surface area contributed by atoms with E-state index in [4.69, 9.17) is 0 Å². The summed E-state index contributed by atoms with van der Waals surface area (Å²) in [7, 11) is 1.79. The van der Waals surface area contributed by atoms with Gasteiger partial charge in [-0.1, -0.05) is 67.6 Å². The highest BCUT2D eigenvalue weighted by atomic mass is 127. The Bertz CT molecular complexity index is 846. The van der Waals surface area contributed by atoms with E-state index in [1.54, 1.807) is 7.05 Å². The van der Waals surface area contributed by atoms with Gasteiger partial charge in [-0.25, -0.2) is 0 Å². The quantitative estimate of drug-likeness (QED) is 0.300. The standard InChI is InChI=1S/C22H27N5.HI/c1-18(21-11-7-4-8-12-21)13-24-22(23-2)25-14-20-15-26-27(17-20)16-19-9-5-3-6-10-19;/h3-12,15,17-18H,13-14,16H2,1-2H3,(H2,23,24,25);1H. The van der Waals surface area contributed by atoms with Crippen LogP contribution in [0, 0.1) is 0 Å². The number of nitrogens with one attached hydrogen (secondary N) is 2. The number of guanidine groups is 1. The maximum Gasteiger partial charge on any atom is 0.191 e. The summed E-state index contributed by atoms with van der Waals surface area (Å²) >= 11 is 0. The number of aliphatic imine (C=N–C) groups is 1. The Kier molecular flexibility index (Phi) is 9.00. The maximum atomic E-state index is 4.45. The molecule has 1 unspecified atom stereocenters. The Hall–Kier alpha value is -2.35. The largest absolute Gasteiger partial charge is 0.356 e. The number of hydrogen-bond acceptors (Lipinski definition) is 2. The summed E-state index contributed by atoms with van der Waals surface area (Å²) in [4.78, 5) is 4.31. The molecule has 0 saturated carbocycles. The first-order valence-corrected chi connectivity index (χ1v) is 9.29. The minimum absolute atomic E-state index is 0. The predicted octanol–water partition coefficient (Wildman–Crippen LogP) is 4.02. The van der Waals surface area contributed by atoms with E-state index < -0.39 is 0 Å². The van der Waals surface area contributed by atoms with Crippen molar-refractivity contribution in [1.82, 2.24) is 20.4 Å². The van der Waals surface area contributed by atoms with Crippen molar-refractivity contribution in [2.45, 2.75) is 25.9 Å². The number of aromatic nitrogens is 2. The fourth-order valence-corrected chi connectivity index (χ4v) is 2.91.